The molecule has 2 N–H and O–H groups in total. The molecular formula is C16H19N5O2. The van der Waals surface area contributed by atoms with Crippen molar-refractivity contribution in [2.45, 2.75) is 6.92 Å². The van der Waals surface area contributed by atoms with E-state index in [1.807, 2.05) is 12.1 Å². The molecule has 3 rings (SSSR count). The first kappa shape index (κ1) is 15.1. The fourth-order valence-electron chi connectivity index (χ4n) is 2.60. The lowest BCUT2D eigenvalue weighted by atomic mass is 10.2. The molecule has 120 valence electrons. The highest BCUT2D eigenvalue weighted by atomic mass is 16.3. The molecule has 1 saturated heterocycles. The number of benzene rings is 1. The van der Waals surface area contributed by atoms with Crippen LogP contribution in [0.5, 0.6) is 5.75 Å². The Morgan fingerprint density at radius 1 is 1.17 bits per heavy atom. The number of hydrogen-bond acceptors (Lipinski definition) is 5. The lowest BCUT2D eigenvalue weighted by Crippen LogP contribution is -2.50. The molecular weight excluding hydrogens is 294 g/mol. The van der Waals surface area contributed by atoms with Crippen molar-refractivity contribution in [1.82, 2.24) is 14.9 Å². The molecule has 1 fully saturated rings. The summed E-state index contributed by atoms with van der Waals surface area (Å²) in [5, 5.41) is 12.7. The van der Waals surface area contributed by atoms with E-state index in [2.05, 4.69) is 20.2 Å². The lowest BCUT2D eigenvalue weighted by Gasteiger charge is -2.36. The number of nitrogens with one attached hydrogen (secondary N) is 1. The van der Waals surface area contributed by atoms with Crippen LogP contribution >= 0.6 is 0 Å². The smallest absolute Gasteiger partial charge is 0.323 e. The van der Waals surface area contributed by atoms with E-state index < -0.39 is 0 Å². The predicted octanol–water partition coefficient (Wildman–Crippen LogP) is 1.84. The second-order valence-electron chi connectivity index (χ2n) is 5.38. The second-order valence-corrected chi connectivity index (χ2v) is 5.38. The minimum atomic E-state index is -0.167. The van der Waals surface area contributed by atoms with Gasteiger partial charge in [-0.25, -0.2) is 14.8 Å². The van der Waals surface area contributed by atoms with Crippen LogP contribution in [0.2, 0.25) is 0 Å². The van der Waals surface area contributed by atoms with Gasteiger partial charge in [-0.15, -0.1) is 0 Å². The van der Waals surface area contributed by atoms with Gasteiger partial charge in [0.05, 0.1) is 5.69 Å². The molecule has 0 aliphatic carbocycles. The Kier molecular flexibility index (Phi) is 4.27. The van der Waals surface area contributed by atoms with Gasteiger partial charge in [0.25, 0.3) is 0 Å². The molecule has 7 heteroatoms. The quantitative estimate of drug-likeness (QED) is 0.884. The van der Waals surface area contributed by atoms with Gasteiger partial charge < -0.3 is 14.9 Å². The number of piperazine rings is 1. The van der Waals surface area contributed by atoms with Crippen molar-refractivity contribution >= 4 is 17.5 Å². The minimum Gasteiger partial charge on any atom is -0.506 e. The Hall–Kier alpha value is -2.83. The van der Waals surface area contributed by atoms with Gasteiger partial charge >= 0.3 is 6.03 Å². The highest BCUT2D eigenvalue weighted by Gasteiger charge is 2.22. The summed E-state index contributed by atoms with van der Waals surface area (Å²) in [6, 6.07) is 8.75. The van der Waals surface area contributed by atoms with E-state index in [1.165, 1.54) is 0 Å². The van der Waals surface area contributed by atoms with Crippen LogP contribution in [0.3, 0.4) is 0 Å². The molecule has 1 aliphatic rings. The number of aromatic nitrogens is 2. The van der Waals surface area contributed by atoms with Crippen LogP contribution in [0, 0.1) is 6.92 Å². The number of aromatic hydroxyl groups is 1. The van der Waals surface area contributed by atoms with Gasteiger partial charge in [0.1, 0.15) is 17.4 Å². The van der Waals surface area contributed by atoms with E-state index in [0.717, 1.165) is 5.69 Å². The van der Waals surface area contributed by atoms with E-state index in [1.54, 1.807) is 36.2 Å². The largest absolute Gasteiger partial charge is 0.506 e. The zero-order valence-electron chi connectivity index (χ0n) is 12.9. The first-order valence-corrected chi connectivity index (χ1v) is 7.52. The first-order valence-electron chi connectivity index (χ1n) is 7.52. The summed E-state index contributed by atoms with van der Waals surface area (Å²) in [4.78, 5) is 24.3. The molecule has 1 aliphatic heterocycles. The van der Waals surface area contributed by atoms with Crippen LogP contribution in [0.4, 0.5) is 16.3 Å². The molecule has 2 heterocycles. The van der Waals surface area contributed by atoms with Gasteiger partial charge in [-0.05, 0) is 25.1 Å². The van der Waals surface area contributed by atoms with Crippen molar-refractivity contribution in [3.63, 3.8) is 0 Å². The average Bonchev–Trinajstić information content (AvgIpc) is 2.55. The van der Waals surface area contributed by atoms with E-state index >= 15 is 0 Å². The van der Waals surface area contributed by atoms with Gasteiger partial charge in [-0.1, -0.05) is 12.1 Å². The van der Waals surface area contributed by atoms with Crippen molar-refractivity contribution in [3.8, 4) is 5.75 Å². The number of hydrogen-bond donors (Lipinski definition) is 2. The number of nitrogens with zero attached hydrogens (tertiary/aromatic N) is 4. The molecule has 0 atom stereocenters. The maximum atomic E-state index is 12.3. The monoisotopic (exact) mass is 313 g/mol. The molecule has 23 heavy (non-hydrogen) atoms. The van der Waals surface area contributed by atoms with Gasteiger partial charge in [0.15, 0.2) is 0 Å². The van der Waals surface area contributed by atoms with Crippen molar-refractivity contribution in [2.75, 3.05) is 36.4 Å². The zero-order chi connectivity index (χ0) is 16.2. The fraction of sp³-hybridized carbons (Fsp3) is 0.312. The summed E-state index contributed by atoms with van der Waals surface area (Å²) < 4.78 is 0. The molecule has 1 aromatic carbocycles. The maximum Gasteiger partial charge on any atom is 0.323 e. The molecule has 1 aromatic heterocycles. The van der Waals surface area contributed by atoms with Crippen LogP contribution < -0.4 is 10.2 Å². The number of para-hydroxylation sites is 2. The Bertz CT molecular complexity index is 698. The topological polar surface area (TPSA) is 81.6 Å². The van der Waals surface area contributed by atoms with E-state index in [4.69, 9.17) is 0 Å². The third-order valence-corrected chi connectivity index (χ3v) is 3.80. The van der Waals surface area contributed by atoms with Gasteiger partial charge in [0, 0.05) is 32.4 Å². The van der Waals surface area contributed by atoms with Gasteiger partial charge in [0.2, 0.25) is 0 Å². The molecule has 0 spiro atoms. The minimum absolute atomic E-state index is 0.167. The molecule has 2 aromatic rings. The van der Waals surface area contributed by atoms with Crippen LogP contribution in [-0.4, -0.2) is 52.2 Å². The predicted molar refractivity (Wildman–Crippen MR) is 87.7 cm³/mol. The fourth-order valence-corrected chi connectivity index (χ4v) is 2.60. The highest BCUT2D eigenvalue weighted by molar-refractivity contribution is 5.88. The Morgan fingerprint density at radius 2 is 1.91 bits per heavy atom. The molecule has 0 radical (unpaired) electrons. The third-order valence-electron chi connectivity index (χ3n) is 3.80. The number of phenolic OH excluding ortho intramolecular Hbond substituents is 1. The average molecular weight is 313 g/mol. The summed E-state index contributed by atoms with van der Waals surface area (Å²) in [5.41, 5.74) is 0.805. The molecule has 0 bridgehead atoms. The SMILES string of the molecule is Cc1nccc(NC(=O)N2CCN(c3ccccc3O)CC2)n1. The van der Waals surface area contributed by atoms with Gasteiger partial charge in [-0.2, -0.15) is 0 Å². The van der Waals surface area contributed by atoms with Crippen molar-refractivity contribution in [3.05, 3.63) is 42.4 Å². The standard InChI is InChI=1S/C16H19N5O2/c1-12-17-7-6-15(18-12)19-16(23)21-10-8-20(9-11-21)13-4-2-3-5-14(13)22/h2-7,22H,8-11H2,1H3,(H,17,18,19,23). The lowest BCUT2D eigenvalue weighted by molar-refractivity contribution is 0.208. The van der Waals surface area contributed by atoms with Crippen molar-refractivity contribution in [1.29, 1.82) is 0 Å². The Morgan fingerprint density at radius 3 is 2.61 bits per heavy atom. The molecule has 2 amide bonds. The van der Waals surface area contributed by atoms with Crippen LogP contribution in [0.1, 0.15) is 5.82 Å². The van der Waals surface area contributed by atoms with Crippen LogP contribution in [0.15, 0.2) is 36.5 Å². The van der Waals surface area contributed by atoms with Crippen LogP contribution in [-0.2, 0) is 0 Å². The Balaban J connectivity index is 1.58. The van der Waals surface area contributed by atoms with Crippen molar-refractivity contribution in [2.24, 2.45) is 0 Å². The zero-order valence-corrected chi connectivity index (χ0v) is 12.9. The maximum absolute atomic E-state index is 12.3. The third kappa shape index (κ3) is 3.50. The number of anilines is 2. The van der Waals surface area contributed by atoms with E-state index in [9.17, 15) is 9.90 Å². The highest BCUT2D eigenvalue weighted by Crippen LogP contribution is 2.27. The van der Waals surface area contributed by atoms with E-state index in [0.29, 0.717) is 37.8 Å². The molecule has 7 nitrogen and oxygen atoms in total. The number of carbonyl (C=O) groups excluding carboxylic acids is 1. The number of aryl methyl sites for hydroxylation is 1. The summed E-state index contributed by atoms with van der Waals surface area (Å²) in [6.07, 6.45) is 1.62. The summed E-state index contributed by atoms with van der Waals surface area (Å²) in [7, 11) is 0. The first-order chi connectivity index (χ1) is 11.1. The number of amides is 2. The number of urea groups is 1. The number of carbonyl (C=O) groups is 1. The second kappa shape index (κ2) is 6.51. The number of rotatable bonds is 2. The van der Waals surface area contributed by atoms with Crippen molar-refractivity contribution < 1.29 is 9.90 Å². The summed E-state index contributed by atoms with van der Waals surface area (Å²) >= 11 is 0. The van der Waals surface area contributed by atoms with Crippen LogP contribution in [0.25, 0.3) is 0 Å². The number of phenols is 1. The summed E-state index contributed by atoms with van der Waals surface area (Å²) in [6.45, 7) is 4.30. The molecule has 0 saturated carbocycles. The van der Waals surface area contributed by atoms with E-state index in [-0.39, 0.29) is 11.8 Å². The molecule has 0 unspecified atom stereocenters. The normalized spacial score (nSPS) is 14.7. The Labute approximate surface area is 134 Å². The summed E-state index contributed by atoms with van der Waals surface area (Å²) in [5.74, 6) is 1.39. The van der Waals surface area contributed by atoms with Gasteiger partial charge in [-0.3, -0.25) is 5.32 Å².